The zero-order valence-electron chi connectivity index (χ0n) is 13.1. The van der Waals surface area contributed by atoms with E-state index in [0.717, 1.165) is 22.9 Å². The molecule has 24 heavy (non-hydrogen) atoms. The molecular weight excluding hydrogens is 396 g/mol. The van der Waals surface area contributed by atoms with Crippen LogP contribution >= 0.6 is 15.9 Å². The summed E-state index contributed by atoms with van der Waals surface area (Å²) in [7, 11) is -3.66. The fourth-order valence-corrected chi connectivity index (χ4v) is 4.23. The average molecular weight is 413 g/mol. The molecule has 1 saturated heterocycles. The van der Waals surface area contributed by atoms with Gasteiger partial charge in [-0.1, -0.05) is 15.9 Å². The minimum Gasteiger partial charge on any atom is -0.438 e. The van der Waals surface area contributed by atoms with Gasteiger partial charge in [-0.2, -0.15) is 4.31 Å². The van der Waals surface area contributed by atoms with Crippen LogP contribution in [0.4, 0.5) is 5.69 Å². The molecule has 1 N–H and O–H groups in total. The molecule has 1 aliphatic rings. The van der Waals surface area contributed by atoms with Gasteiger partial charge in [0.25, 0.3) is 15.9 Å². The van der Waals surface area contributed by atoms with E-state index >= 15 is 0 Å². The van der Waals surface area contributed by atoms with Crippen molar-refractivity contribution in [1.29, 1.82) is 0 Å². The highest BCUT2D eigenvalue weighted by Crippen LogP contribution is 2.24. The maximum Gasteiger partial charge on any atom is 0.291 e. The SMILES string of the molecule is Cc1cc(NC(=O)c2ccc(S(=O)(=O)N3CCCC3)o2)ccc1Br. The van der Waals surface area contributed by atoms with Gasteiger partial charge in [0.2, 0.25) is 5.09 Å². The van der Waals surface area contributed by atoms with Crippen LogP contribution < -0.4 is 5.32 Å². The molecule has 0 spiro atoms. The zero-order valence-corrected chi connectivity index (χ0v) is 15.5. The number of anilines is 1. The minimum absolute atomic E-state index is 0.0339. The number of hydrogen-bond donors (Lipinski definition) is 1. The van der Waals surface area contributed by atoms with Gasteiger partial charge < -0.3 is 9.73 Å². The zero-order chi connectivity index (χ0) is 17.3. The molecule has 3 rings (SSSR count). The predicted molar refractivity (Wildman–Crippen MR) is 93.5 cm³/mol. The first kappa shape index (κ1) is 17.2. The van der Waals surface area contributed by atoms with Crippen molar-refractivity contribution in [2.75, 3.05) is 18.4 Å². The molecule has 2 heterocycles. The van der Waals surface area contributed by atoms with E-state index in [1.54, 1.807) is 6.07 Å². The summed E-state index contributed by atoms with van der Waals surface area (Å²) >= 11 is 3.40. The maximum absolute atomic E-state index is 12.4. The molecule has 0 aliphatic carbocycles. The smallest absolute Gasteiger partial charge is 0.291 e. The van der Waals surface area contributed by atoms with E-state index in [0.29, 0.717) is 18.8 Å². The molecule has 6 nitrogen and oxygen atoms in total. The van der Waals surface area contributed by atoms with Crippen molar-refractivity contribution in [3.63, 3.8) is 0 Å². The molecular formula is C16H17BrN2O4S. The molecule has 1 aromatic heterocycles. The van der Waals surface area contributed by atoms with Gasteiger partial charge in [0.05, 0.1) is 0 Å². The Kier molecular flexibility index (Phi) is 4.80. The van der Waals surface area contributed by atoms with Crippen LogP contribution in [0.25, 0.3) is 0 Å². The Balaban J connectivity index is 1.77. The molecule has 8 heteroatoms. The predicted octanol–water partition coefficient (Wildman–Crippen LogP) is 3.39. The van der Waals surface area contributed by atoms with Gasteiger partial charge in [-0.3, -0.25) is 4.79 Å². The summed E-state index contributed by atoms with van der Waals surface area (Å²) in [5.74, 6) is -0.520. The second kappa shape index (κ2) is 6.70. The Morgan fingerprint density at radius 1 is 1.21 bits per heavy atom. The topological polar surface area (TPSA) is 79.6 Å². The molecule has 2 aromatic rings. The molecule has 1 aromatic carbocycles. The van der Waals surface area contributed by atoms with E-state index in [1.807, 2.05) is 19.1 Å². The molecule has 1 aliphatic heterocycles. The Labute approximate surface area is 149 Å². The Morgan fingerprint density at radius 3 is 2.58 bits per heavy atom. The van der Waals surface area contributed by atoms with Crippen LogP contribution in [0.3, 0.4) is 0 Å². The summed E-state index contributed by atoms with van der Waals surface area (Å²) < 4.78 is 32.4. The fraction of sp³-hybridized carbons (Fsp3) is 0.312. The highest BCUT2D eigenvalue weighted by molar-refractivity contribution is 9.10. The number of halogens is 1. The second-order valence-corrected chi connectivity index (χ2v) is 8.37. The summed E-state index contributed by atoms with van der Waals surface area (Å²) in [5.41, 5.74) is 1.59. The van der Waals surface area contributed by atoms with Crippen molar-refractivity contribution < 1.29 is 17.6 Å². The first-order chi connectivity index (χ1) is 11.4. The monoisotopic (exact) mass is 412 g/mol. The van der Waals surface area contributed by atoms with Crippen LogP contribution in [0.15, 0.2) is 44.3 Å². The van der Waals surface area contributed by atoms with Crippen LogP contribution in [-0.4, -0.2) is 31.7 Å². The van der Waals surface area contributed by atoms with Crippen LogP contribution in [0, 0.1) is 6.92 Å². The number of aryl methyl sites for hydroxylation is 1. The van der Waals surface area contributed by atoms with Crippen LogP contribution in [0.2, 0.25) is 0 Å². The van der Waals surface area contributed by atoms with Crippen LogP contribution in [0.1, 0.15) is 29.0 Å². The quantitative estimate of drug-likeness (QED) is 0.834. The Hall–Kier alpha value is -1.64. The van der Waals surface area contributed by atoms with E-state index < -0.39 is 15.9 Å². The van der Waals surface area contributed by atoms with Gasteiger partial charge >= 0.3 is 0 Å². The number of nitrogens with one attached hydrogen (secondary N) is 1. The second-order valence-electron chi connectivity index (χ2n) is 5.65. The lowest BCUT2D eigenvalue weighted by Crippen LogP contribution is -2.27. The van der Waals surface area contributed by atoms with E-state index in [9.17, 15) is 13.2 Å². The maximum atomic E-state index is 12.4. The minimum atomic E-state index is -3.66. The molecule has 1 amide bonds. The third kappa shape index (κ3) is 3.40. The number of carbonyl (C=O) groups excluding carboxylic acids is 1. The van der Waals surface area contributed by atoms with Crippen LogP contribution in [0.5, 0.6) is 0 Å². The molecule has 0 saturated carbocycles. The van der Waals surface area contributed by atoms with Gasteiger partial charge in [0.15, 0.2) is 5.76 Å². The first-order valence-corrected chi connectivity index (χ1v) is 9.79. The average Bonchev–Trinajstić information content (AvgIpc) is 3.22. The number of sulfonamides is 1. The number of furan rings is 1. The Bertz CT molecular complexity index is 870. The number of benzene rings is 1. The van der Waals surface area contributed by atoms with Crippen molar-refractivity contribution in [3.05, 3.63) is 46.1 Å². The van der Waals surface area contributed by atoms with Crippen molar-refractivity contribution >= 4 is 37.5 Å². The summed E-state index contributed by atoms with van der Waals surface area (Å²) in [5, 5.41) is 2.51. The van der Waals surface area contributed by atoms with Gasteiger partial charge in [-0.15, -0.1) is 0 Å². The summed E-state index contributed by atoms with van der Waals surface area (Å²) in [6, 6.07) is 8.10. The summed E-state index contributed by atoms with van der Waals surface area (Å²) in [6.07, 6.45) is 1.69. The molecule has 0 atom stereocenters. The van der Waals surface area contributed by atoms with E-state index in [2.05, 4.69) is 21.2 Å². The highest BCUT2D eigenvalue weighted by atomic mass is 79.9. The van der Waals surface area contributed by atoms with E-state index in [-0.39, 0.29) is 10.9 Å². The Morgan fingerprint density at radius 2 is 1.92 bits per heavy atom. The van der Waals surface area contributed by atoms with Crippen molar-refractivity contribution in [2.45, 2.75) is 24.9 Å². The molecule has 128 valence electrons. The third-order valence-electron chi connectivity index (χ3n) is 3.88. The number of rotatable bonds is 4. The van der Waals surface area contributed by atoms with Crippen molar-refractivity contribution in [3.8, 4) is 0 Å². The number of hydrogen-bond acceptors (Lipinski definition) is 4. The number of carbonyl (C=O) groups is 1. The van der Waals surface area contributed by atoms with E-state index in [1.165, 1.54) is 16.4 Å². The van der Waals surface area contributed by atoms with Gasteiger partial charge in [0.1, 0.15) is 0 Å². The lowest BCUT2D eigenvalue weighted by Gasteiger charge is -2.12. The van der Waals surface area contributed by atoms with Crippen molar-refractivity contribution in [2.24, 2.45) is 0 Å². The van der Waals surface area contributed by atoms with Crippen LogP contribution in [-0.2, 0) is 10.0 Å². The lowest BCUT2D eigenvalue weighted by molar-refractivity contribution is 0.0991. The lowest BCUT2D eigenvalue weighted by atomic mass is 10.2. The largest absolute Gasteiger partial charge is 0.438 e. The molecule has 0 radical (unpaired) electrons. The van der Waals surface area contributed by atoms with Crippen molar-refractivity contribution in [1.82, 2.24) is 4.31 Å². The first-order valence-electron chi connectivity index (χ1n) is 7.55. The fourth-order valence-electron chi connectivity index (χ4n) is 2.55. The molecule has 0 unspecified atom stereocenters. The van der Waals surface area contributed by atoms with E-state index in [4.69, 9.17) is 4.42 Å². The summed E-state index contributed by atoms with van der Waals surface area (Å²) in [6.45, 7) is 2.89. The molecule has 0 bridgehead atoms. The normalized spacial score (nSPS) is 15.6. The third-order valence-corrected chi connectivity index (χ3v) is 6.54. The summed E-state index contributed by atoms with van der Waals surface area (Å²) in [4.78, 5) is 12.2. The standard InChI is InChI=1S/C16H17BrN2O4S/c1-11-10-12(4-5-13(11)17)18-16(20)14-6-7-15(23-14)24(21,22)19-8-2-3-9-19/h4-7,10H,2-3,8-9H2,1H3,(H,18,20). The number of nitrogens with zero attached hydrogens (tertiary/aromatic N) is 1. The van der Waals surface area contributed by atoms with Gasteiger partial charge in [-0.05, 0) is 55.7 Å². The highest BCUT2D eigenvalue weighted by Gasteiger charge is 2.30. The number of amides is 1. The molecule has 1 fully saturated rings. The van der Waals surface area contributed by atoms with Gasteiger partial charge in [-0.25, -0.2) is 8.42 Å². The van der Waals surface area contributed by atoms with Gasteiger partial charge in [0, 0.05) is 23.2 Å².